The third-order valence-electron chi connectivity index (χ3n) is 10.5. The molecule has 1 aromatic heterocycles. The smallest absolute Gasteiger partial charge is 0.323 e. The van der Waals surface area contributed by atoms with Crippen LogP contribution in [0.1, 0.15) is 42.0 Å². The molecule has 12 nitrogen and oxygen atoms in total. The van der Waals surface area contributed by atoms with E-state index in [0.29, 0.717) is 46.7 Å². The Labute approximate surface area is 336 Å². The van der Waals surface area contributed by atoms with Crippen LogP contribution >= 0.6 is 23.2 Å². The SMILES string of the molecule is CCOC(=O)C1(CO)CCN(CCCN2CCc3c(-c4cccc(COc5cc(OCc6cccnc6)c(CN[C@@H](CO)C(=O)O)cc5Cl)c4Cl)cccc32)C1. The number of benzene rings is 3. The lowest BCUT2D eigenvalue weighted by atomic mass is 9.88. The molecule has 0 saturated carbocycles. The van der Waals surface area contributed by atoms with Crippen molar-refractivity contribution in [2.75, 3.05) is 57.4 Å². The number of rotatable bonds is 19. The molecule has 1 saturated heterocycles. The van der Waals surface area contributed by atoms with E-state index in [1.54, 1.807) is 31.5 Å². The van der Waals surface area contributed by atoms with Gasteiger partial charge in [0.25, 0.3) is 0 Å². The number of nitrogens with one attached hydrogen (secondary N) is 1. The molecule has 3 aromatic carbocycles. The van der Waals surface area contributed by atoms with Crippen LogP contribution in [0, 0.1) is 5.41 Å². The number of aliphatic carboxylic acids is 1. The van der Waals surface area contributed by atoms with Crippen molar-refractivity contribution in [2.24, 2.45) is 5.41 Å². The third-order valence-corrected chi connectivity index (χ3v) is 11.2. The second-order valence-corrected chi connectivity index (χ2v) is 14.9. The van der Waals surface area contributed by atoms with Crippen molar-refractivity contribution in [1.29, 1.82) is 0 Å². The minimum Gasteiger partial charge on any atom is -0.488 e. The zero-order valence-electron chi connectivity index (χ0n) is 31.4. The molecule has 4 N–H and O–H groups in total. The van der Waals surface area contributed by atoms with Gasteiger partial charge in [0, 0.05) is 72.6 Å². The Balaban J connectivity index is 1.13. The Hall–Kier alpha value is -4.43. The lowest BCUT2D eigenvalue weighted by Gasteiger charge is -2.25. The number of fused-ring (bicyclic) bond motifs is 1. The number of pyridine rings is 1. The standard InChI is InChI=1S/C42H48Cl2N4O8/c1-2-54-41(53)42(27-50)13-18-47(26-42)15-6-16-48-17-12-32-31(9-4-11-36(32)48)33-10-3-8-29(39(33)44)25-56-38-20-37(55-24-28-7-5-14-45-21-28)30(19-34(38)43)22-46-35(23-49)40(51)52/h3-5,7-11,14,19-21,35,46,49-50H,2,6,12-13,15-18,22-27H2,1H3,(H,51,52)/t35-,42?/m0/s1. The number of carbonyl (C=O) groups is 2. The number of likely N-dealkylation sites (tertiary alicyclic amines) is 1. The zero-order chi connectivity index (χ0) is 39.7. The van der Waals surface area contributed by atoms with Crippen molar-refractivity contribution in [2.45, 2.75) is 52.0 Å². The first kappa shape index (κ1) is 41.2. The summed E-state index contributed by atoms with van der Waals surface area (Å²) in [4.78, 5) is 32.8. The molecule has 56 heavy (non-hydrogen) atoms. The number of esters is 1. The molecule has 2 aliphatic heterocycles. The van der Waals surface area contributed by atoms with Gasteiger partial charge in [-0.1, -0.05) is 59.6 Å². The Kier molecular flexibility index (Phi) is 14.1. The number of aliphatic hydroxyl groups excluding tert-OH is 2. The van der Waals surface area contributed by atoms with Crippen molar-refractivity contribution in [1.82, 2.24) is 15.2 Å². The van der Waals surface area contributed by atoms with Crippen LogP contribution < -0.4 is 19.7 Å². The molecule has 298 valence electrons. The van der Waals surface area contributed by atoms with Crippen molar-refractivity contribution in [3.8, 4) is 22.6 Å². The van der Waals surface area contributed by atoms with Gasteiger partial charge in [-0.2, -0.15) is 0 Å². The van der Waals surface area contributed by atoms with Gasteiger partial charge in [-0.3, -0.25) is 19.9 Å². The topological polar surface area (TPSA) is 154 Å². The Bertz CT molecular complexity index is 1990. The highest BCUT2D eigenvalue weighted by atomic mass is 35.5. The number of hydrogen-bond acceptors (Lipinski definition) is 11. The monoisotopic (exact) mass is 806 g/mol. The highest BCUT2D eigenvalue weighted by molar-refractivity contribution is 6.34. The second kappa shape index (κ2) is 19.1. The van der Waals surface area contributed by atoms with Crippen LogP contribution in [0.3, 0.4) is 0 Å². The van der Waals surface area contributed by atoms with Gasteiger partial charge >= 0.3 is 11.9 Å². The highest BCUT2D eigenvalue weighted by Crippen LogP contribution is 2.41. The van der Waals surface area contributed by atoms with Gasteiger partial charge in [0.1, 0.15) is 36.2 Å². The molecular formula is C42H48Cl2N4O8. The van der Waals surface area contributed by atoms with E-state index in [2.05, 4.69) is 38.3 Å². The van der Waals surface area contributed by atoms with Gasteiger partial charge in [-0.05, 0) is 68.6 Å². The second-order valence-electron chi connectivity index (χ2n) is 14.1. The van der Waals surface area contributed by atoms with E-state index >= 15 is 0 Å². The number of aliphatic hydroxyl groups is 2. The maximum atomic E-state index is 12.6. The van der Waals surface area contributed by atoms with Crippen LogP contribution in [0.15, 0.2) is 73.1 Å². The molecular weight excluding hydrogens is 759 g/mol. The average molecular weight is 808 g/mol. The molecule has 0 spiro atoms. The predicted molar refractivity (Wildman–Crippen MR) is 214 cm³/mol. The molecule has 4 aromatic rings. The normalized spacial score (nSPS) is 17.1. The van der Waals surface area contributed by atoms with Crippen LogP contribution in [-0.2, 0) is 40.5 Å². The molecule has 1 fully saturated rings. The van der Waals surface area contributed by atoms with E-state index in [0.717, 1.165) is 61.3 Å². The largest absolute Gasteiger partial charge is 0.488 e. The fraction of sp³-hybridized carbons (Fsp3) is 0.405. The number of aromatic nitrogens is 1. The summed E-state index contributed by atoms with van der Waals surface area (Å²) in [5.74, 6) is -0.686. The fourth-order valence-corrected chi connectivity index (χ4v) is 7.91. The van der Waals surface area contributed by atoms with E-state index in [-0.39, 0.29) is 32.3 Å². The number of carbonyl (C=O) groups excluding carboxylic acids is 1. The molecule has 14 heteroatoms. The van der Waals surface area contributed by atoms with E-state index in [1.807, 2.05) is 30.3 Å². The molecule has 0 aliphatic carbocycles. The molecule has 3 heterocycles. The summed E-state index contributed by atoms with van der Waals surface area (Å²) in [5.41, 5.74) is 5.78. The number of halogens is 2. The van der Waals surface area contributed by atoms with Gasteiger partial charge in [-0.15, -0.1) is 0 Å². The van der Waals surface area contributed by atoms with Gasteiger partial charge in [0.15, 0.2) is 0 Å². The summed E-state index contributed by atoms with van der Waals surface area (Å²) in [6, 6.07) is 18.1. The van der Waals surface area contributed by atoms with Gasteiger partial charge in [0.05, 0.1) is 29.9 Å². The summed E-state index contributed by atoms with van der Waals surface area (Å²) in [5, 5.41) is 32.6. The first-order valence-corrected chi connectivity index (χ1v) is 19.6. The third kappa shape index (κ3) is 9.56. The number of carboxylic acid groups (broad SMARTS) is 1. The molecule has 0 radical (unpaired) electrons. The van der Waals surface area contributed by atoms with Gasteiger partial charge in [0.2, 0.25) is 0 Å². The number of nitrogens with zero attached hydrogens (tertiary/aromatic N) is 3. The van der Waals surface area contributed by atoms with E-state index in [1.165, 1.54) is 11.3 Å². The Morgan fingerprint density at radius 3 is 2.52 bits per heavy atom. The molecule has 0 amide bonds. The summed E-state index contributed by atoms with van der Waals surface area (Å²) in [7, 11) is 0. The van der Waals surface area contributed by atoms with Crippen molar-refractivity contribution < 1.29 is 39.1 Å². The summed E-state index contributed by atoms with van der Waals surface area (Å²) in [6.07, 6.45) is 5.77. The van der Waals surface area contributed by atoms with Crippen LogP contribution in [0.4, 0.5) is 5.69 Å². The zero-order valence-corrected chi connectivity index (χ0v) is 32.9. The van der Waals surface area contributed by atoms with Crippen LogP contribution in [0.2, 0.25) is 10.0 Å². The van der Waals surface area contributed by atoms with Crippen LogP contribution in [0.25, 0.3) is 11.1 Å². The Morgan fingerprint density at radius 2 is 1.77 bits per heavy atom. The van der Waals surface area contributed by atoms with Crippen LogP contribution in [0.5, 0.6) is 11.5 Å². The van der Waals surface area contributed by atoms with Crippen molar-refractivity contribution in [3.05, 3.63) is 105 Å². The van der Waals surface area contributed by atoms with Crippen molar-refractivity contribution in [3.63, 3.8) is 0 Å². The number of hydrogen-bond donors (Lipinski definition) is 4. The molecule has 6 rings (SSSR count). The molecule has 2 aliphatic rings. The number of anilines is 1. The molecule has 0 bridgehead atoms. The predicted octanol–water partition coefficient (Wildman–Crippen LogP) is 5.75. The molecule has 1 unspecified atom stereocenters. The molecule has 2 atom stereocenters. The van der Waals surface area contributed by atoms with Gasteiger partial charge < -0.3 is 39.3 Å². The van der Waals surface area contributed by atoms with Gasteiger partial charge in [-0.25, -0.2) is 0 Å². The minimum absolute atomic E-state index is 0.0768. The first-order valence-electron chi connectivity index (χ1n) is 18.8. The average Bonchev–Trinajstić information content (AvgIpc) is 3.83. The highest BCUT2D eigenvalue weighted by Gasteiger charge is 2.45. The van der Waals surface area contributed by atoms with Crippen molar-refractivity contribution >= 4 is 40.8 Å². The van der Waals surface area contributed by atoms with E-state index in [9.17, 15) is 24.9 Å². The lowest BCUT2D eigenvalue weighted by Crippen LogP contribution is -2.40. The van der Waals surface area contributed by atoms with Crippen LogP contribution in [-0.4, -0.2) is 95.7 Å². The maximum Gasteiger partial charge on any atom is 0.323 e. The first-order chi connectivity index (χ1) is 27.2. The lowest BCUT2D eigenvalue weighted by molar-refractivity contribution is -0.157. The van der Waals surface area contributed by atoms with E-state index < -0.39 is 24.0 Å². The maximum absolute atomic E-state index is 12.6. The summed E-state index contributed by atoms with van der Waals surface area (Å²) in [6.45, 7) is 5.59. The summed E-state index contributed by atoms with van der Waals surface area (Å²) < 4.78 is 17.7. The Morgan fingerprint density at radius 1 is 0.964 bits per heavy atom. The quantitative estimate of drug-likeness (QED) is 0.0854. The summed E-state index contributed by atoms with van der Waals surface area (Å²) >= 11 is 13.8. The number of carboxylic acids is 1. The van der Waals surface area contributed by atoms with E-state index in [4.69, 9.17) is 37.4 Å². The fourth-order valence-electron chi connectivity index (χ4n) is 7.39. The number of ether oxygens (including phenoxy) is 3. The minimum atomic E-state index is -1.17.